The van der Waals surface area contributed by atoms with Gasteiger partial charge in [0, 0.05) is 63.2 Å². The van der Waals surface area contributed by atoms with Crippen LogP contribution in [0.1, 0.15) is 36.8 Å². The molecule has 3 aliphatic heterocycles. The first-order valence-electron chi connectivity index (χ1n) is 17.3. The Kier molecular flexibility index (Phi) is 11.2. The summed E-state index contributed by atoms with van der Waals surface area (Å²) in [6.45, 7) is 1.31. The van der Waals surface area contributed by atoms with Gasteiger partial charge >= 0.3 is 23.7 Å². The average Bonchev–Trinajstić information content (AvgIpc) is 3.58. The van der Waals surface area contributed by atoms with Gasteiger partial charge in [-0.3, -0.25) is 14.4 Å². The Morgan fingerprint density at radius 2 is 1.00 bits per heavy atom. The standard InChI is InChI=1S/C17H19F3N4O6S.C15H15F3N4O5S/c1-31(27,28)22-24-14(25)10-8-13(11(17(18,19)20)9-12(10)21-15(24)26)23-4-2-16(3-5-23)29-6-7-30-16;1-28(26,27)20-22-13(24)9-6-12(21-4-2-8(23)3-5-21)10(15(16,17)18)7-11(9)19-14(22)25/h8-9,22H,2-7H2,1H3,(H,21,26);6-7,20H,2-5H2,1H3,(H,19,25). The molecule has 0 saturated carbocycles. The van der Waals surface area contributed by atoms with Crippen molar-refractivity contribution in [2.24, 2.45) is 0 Å². The van der Waals surface area contributed by atoms with Crippen molar-refractivity contribution in [2.75, 3.05) is 71.4 Å². The number of Topliss-reactive ketones (excluding diaryl/α,β-unsaturated/α-hetero) is 1. The number of aromatic amines is 2. The van der Waals surface area contributed by atoms with Crippen molar-refractivity contribution in [3.8, 4) is 0 Å². The zero-order valence-corrected chi connectivity index (χ0v) is 32.4. The van der Waals surface area contributed by atoms with Gasteiger partial charge in [0.15, 0.2) is 5.79 Å². The first-order valence-corrected chi connectivity index (χ1v) is 21.1. The molecule has 0 unspecified atom stereocenters. The second kappa shape index (κ2) is 15.3. The molecule has 0 radical (unpaired) electrons. The van der Waals surface area contributed by atoms with Crippen LogP contribution in [-0.4, -0.2) is 99.6 Å². The smallest absolute Gasteiger partial charge is 0.371 e. The van der Waals surface area contributed by atoms with Gasteiger partial charge in [0.2, 0.25) is 20.0 Å². The van der Waals surface area contributed by atoms with Crippen molar-refractivity contribution in [1.82, 2.24) is 19.3 Å². The van der Waals surface area contributed by atoms with E-state index in [0.29, 0.717) is 44.4 Å². The molecule has 2 aromatic carbocycles. The number of piperidine rings is 2. The fraction of sp³-hybridized carbons (Fsp3) is 0.469. The predicted octanol–water partition coefficient (Wildman–Crippen LogP) is 0.936. The van der Waals surface area contributed by atoms with E-state index in [4.69, 9.17) is 9.47 Å². The van der Waals surface area contributed by atoms with Crippen LogP contribution in [0.3, 0.4) is 0 Å². The van der Waals surface area contributed by atoms with Gasteiger partial charge in [0.05, 0.1) is 58.7 Å². The van der Waals surface area contributed by atoms with Crippen LogP contribution in [0.2, 0.25) is 0 Å². The lowest BCUT2D eigenvalue weighted by molar-refractivity contribution is -0.169. The Morgan fingerprint density at radius 3 is 1.36 bits per heavy atom. The van der Waals surface area contributed by atoms with Crippen LogP contribution in [0.25, 0.3) is 21.8 Å². The first kappa shape index (κ1) is 43.2. The Labute approximate surface area is 327 Å². The number of sulfonamides is 2. The summed E-state index contributed by atoms with van der Waals surface area (Å²) in [5.41, 5.74) is -8.04. The van der Waals surface area contributed by atoms with Crippen LogP contribution in [0, 0.1) is 0 Å². The Balaban J connectivity index is 0.000000199. The first-order chi connectivity index (χ1) is 27.3. The number of alkyl halides is 6. The van der Waals surface area contributed by atoms with E-state index in [-0.39, 0.29) is 87.3 Å². The number of hydrogen-bond donors (Lipinski definition) is 4. The molecule has 27 heteroatoms. The molecule has 0 bridgehead atoms. The van der Waals surface area contributed by atoms with E-state index in [9.17, 15) is 67.2 Å². The highest BCUT2D eigenvalue weighted by Gasteiger charge is 2.42. The van der Waals surface area contributed by atoms with Gasteiger partial charge in [0.25, 0.3) is 11.1 Å². The number of rotatable bonds is 6. The molecule has 59 heavy (non-hydrogen) atoms. The summed E-state index contributed by atoms with van der Waals surface area (Å²) in [7, 11) is -7.98. The molecular formula is C32H34F6N8O11S2. The largest absolute Gasteiger partial charge is 0.418 e. The minimum atomic E-state index is -4.78. The second-order valence-electron chi connectivity index (χ2n) is 13.8. The summed E-state index contributed by atoms with van der Waals surface area (Å²) in [6.07, 6.45) is -7.26. The number of fused-ring (bicyclic) bond motifs is 2. The van der Waals surface area contributed by atoms with Gasteiger partial charge in [-0.1, -0.05) is 0 Å². The topological polar surface area (TPSA) is 244 Å². The highest BCUT2D eigenvalue weighted by molar-refractivity contribution is 7.91. The highest BCUT2D eigenvalue weighted by Crippen LogP contribution is 2.42. The molecule has 3 saturated heterocycles. The number of nitrogens with one attached hydrogen (secondary N) is 4. The maximum Gasteiger partial charge on any atom is 0.418 e. The third-order valence-electron chi connectivity index (χ3n) is 9.49. The van der Waals surface area contributed by atoms with E-state index in [1.807, 2.05) is 0 Å². The maximum atomic E-state index is 13.8. The van der Waals surface area contributed by atoms with Crippen molar-refractivity contribution < 1.29 is 57.4 Å². The predicted molar refractivity (Wildman–Crippen MR) is 199 cm³/mol. The number of carbonyl (C=O) groups is 1. The van der Waals surface area contributed by atoms with E-state index in [1.165, 1.54) is 9.80 Å². The molecule has 0 atom stereocenters. The normalized spacial score (nSPS) is 17.7. The van der Waals surface area contributed by atoms with Crippen molar-refractivity contribution in [2.45, 2.75) is 43.8 Å². The number of halogens is 6. The number of benzene rings is 2. The highest BCUT2D eigenvalue weighted by atomic mass is 32.2. The summed E-state index contributed by atoms with van der Waals surface area (Å²) in [4.78, 5) is 71.2. The molecule has 3 aliphatic rings. The fourth-order valence-electron chi connectivity index (χ4n) is 6.85. The number of hydrogen-bond acceptors (Lipinski definition) is 13. The quantitative estimate of drug-likeness (QED) is 0.197. The monoisotopic (exact) mass is 884 g/mol. The third-order valence-corrected chi connectivity index (χ3v) is 10.5. The fourth-order valence-corrected chi connectivity index (χ4v) is 7.85. The molecule has 3 fully saturated rings. The number of anilines is 2. The van der Waals surface area contributed by atoms with E-state index >= 15 is 0 Å². The van der Waals surface area contributed by atoms with Gasteiger partial charge in [-0.2, -0.15) is 35.7 Å². The summed E-state index contributed by atoms with van der Waals surface area (Å²) >= 11 is 0. The molecule has 7 rings (SSSR count). The lowest BCUT2D eigenvalue weighted by Gasteiger charge is -2.39. The zero-order chi connectivity index (χ0) is 43.5. The number of ether oxygens (including phenoxy) is 2. The van der Waals surface area contributed by atoms with Crippen molar-refractivity contribution in [3.63, 3.8) is 0 Å². The van der Waals surface area contributed by atoms with Crippen LogP contribution < -0.4 is 42.0 Å². The number of aromatic nitrogens is 4. The lowest BCUT2D eigenvalue weighted by Crippen LogP contribution is -2.46. The van der Waals surface area contributed by atoms with Crippen molar-refractivity contribution in [3.05, 3.63) is 77.1 Å². The van der Waals surface area contributed by atoms with Crippen LogP contribution >= 0.6 is 0 Å². The number of nitrogens with zero attached hydrogens (tertiary/aromatic N) is 4. The van der Waals surface area contributed by atoms with Gasteiger partial charge < -0.3 is 29.2 Å². The van der Waals surface area contributed by atoms with Gasteiger partial charge in [-0.05, 0) is 24.3 Å². The number of H-pyrrole nitrogens is 2. The molecule has 4 N–H and O–H groups in total. The number of ketones is 1. The Morgan fingerprint density at radius 1 is 0.627 bits per heavy atom. The minimum Gasteiger partial charge on any atom is -0.371 e. The molecule has 0 amide bonds. The summed E-state index contributed by atoms with van der Waals surface area (Å²) < 4.78 is 139. The lowest BCUT2D eigenvalue weighted by atomic mass is 10.0. The molecule has 322 valence electrons. The molecule has 2 aromatic heterocycles. The van der Waals surface area contributed by atoms with E-state index in [1.54, 1.807) is 9.66 Å². The van der Waals surface area contributed by atoms with Crippen LogP contribution in [0.4, 0.5) is 37.7 Å². The summed E-state index contributed by atoms with van der Waals surface area (Å²) in [5, 5.41) is -0.581. The van der Waals surface area contributed by atoms with E-state index in [0.717, 1.165) is 18.4 Å². The molecule has 0 aliphatic carbocycles. The average molecular weight is 885 g/mol. The maximum absolute atomic E-state index is 13.8. The molecule has 1 spiro atoms. The van der Waals surface area contributed by atoms with E-state index < -0.39 is 71.8 Å². The third kappa shape index (κ3) is 9.41. The van der Waals surface area contributed by atoms with Gasteiger partial charge in [-0.15, -0.1) is 0 Å². The van der Waals surface area contributed by atoms with Gasteiger partial charge in [-0.25, -0.2) is 36.1 Å². The van der Waals surface area contributed by atoms with Crippen LogP contribution in [0.15, 0.2) is 43.4 Å². The van der Waals surface area contributed by atoms with Crippen molar-refractivity contribution >= 4 is 59.0 Å². The minimum absolute atomic E-state index is 0.0482. The SMILES string of the molecule is CS(=O)(=O)Nn1c(=O)[nH]c2cc(C(F)(F)F)c(N3CCC(=O)CC3)cc2c1=O.CS(=O)(=O)Nn1c(=O)[nH]c2cc(C(F)(F)F)c(N3CCC4(CC3)OCCO4)cc2c1=O. The molecular weight excluding hydrogens is 851 g/mol. The van der Waals surface area contributed by atoms with Gasteiger partial charge in [0.1, 0.15) is 5.78 Å². The Hall–Kier alpha value is -5.41. The summed E-state index contributed by atoms with van der Waals surface area (Å²) in [5.74, 6) is -0.877. The molecule has 5 heterocycles. The second-order valence-corrected chi connectivity index (χ2v) is 17.3. The summed E-state index contributed by atoms with van der Waals surface area (Å²) in [6, 6.07) is 3.29. The van der Waals surface area contributed by atoms with Crippen LogP contribution in [0.5, 0.6) is 0 Å². The van der Waals surface area contributed by atoms with Crippen molar-refractivity contribution in [1.29, 1.82) is 0 Å². The Bertz CT molecular complexity index is 2790. The van der Waals surface area contributed by atoms with E-state index in [2.05, 4.69) is 9.97 Å². The number of carbonyl (C=O) groups excluding carboxylic acids is 1. The molecule has 19 nitrogen and oxygen atoms in total. The molecule has 4 aromatic rings. The zero-order valence-electron chi connectivity index (χ0n) is 30.7. The van der Waals surface area contributed by atoms with Crippen LogP contribution in [-0.2, 0) is 46.7 Å².